The quantitative estimate of drug-likeness (QED) is 0.886. The number of likely N-dealkylation sites (N-methyl/N-ethyl adjacent to an activating group) is 1. The van der Waals surface area contributed by atoms with Crippen LogP contribution in [0.2, 0.25) is 0 Å². The third-order valence-corrected chi connectivity index (χ3v) is 5.50. The lowest BCUT2D eigenvalue weighted by molar-refractivity contribution is 0.303. The lowest BCUT2D eigenvalue weighted by Gasteiger charge is -2.23. The molecule has 1 N–H and O–H groups in total. The first-order valence-corrected chi connectivity index (χ1v) is 8.71. The van der Waals surface area contributed by atoms with Crippen LogP contribution in [0.15, 0.2) is 46.7 Å². The maximum atomic E-state index is 12.9. The molecule has 0 aliphatic heterocycles. The van der Waals surface area contributed by atoms with Crippen molar-refractivity contribution in [1.82, 2.24) is 9.62 Å². The standard InChI is InChI=1S/C14H17FN2O2S2/c1-17(2)13(14-4-3-9-20-14)10-16-21(18,19)12-7-5-11(15)6-8-12/h3-9,13,16H,10H2,1-2H3/t13-/m1/s1. The molecule has 0 saturated carbocycles. The summed E-state index contributed by atoms with van der Waals surface area (Å²) in [6.45, 7) is 0.257. The van der Waals surface area contributed by atoms with Gasteiger partial charge in [-0.05, 0) is 49.8 Å². The van der Waals surface area contributed by atoms with E-state index >= 15 is 0 Å². The van der Waals surface area contributed by atoms with Crippen molar-refractivity contribution in [3.63, 3.8) is 0 Å². The predicted molar refractivity (Wildman–Crippen MR) is 82.3 cm³/mol. The normalized spacial score (nSPS) is 13.5. The minimum Gasteiger partial charge on any atom is -0.300 e. The summed E-state index contributed by atoms with van der Waals surface area (Å²) in [5.41, 5.74) is 0. The molecule has 0 amide bonds. The Hall–Kier alpha value is -1.28. The number of sulfonamides is 1. The average molecular weight is 328 g/mol. The van der Waals surface area contributed by atoms with Crippen molar-refractivity contribution < 1.29 is 12.8 Å². The van der Waals surface area contributed by atoms with Gasteiger partial charge in [-0.2, -0.15) is 0 Å². The lowest BCUT2D eigenvalue weighted by atomic mass is 10.2. The number of thiophene rings is 1. The molecule has 0 bridgehead atoms. The number of hydrogen-bond donors (Lipinski definition) is 1. The summed E-state index contributed by atoms with van der Waals surface area (Å²) in [5.74, 6) is -0.460. The number of rotatable bonds is 6. The molecule has 7 heteroatoms. The molecule has 0 aliphatic carbocycles. The number of halogens is 1. The van der Waals surface area contributed by atoms with E-state index in [1.54, 1.807) is 11.3 Å². The third kappa shape index (κ3) is 4.10. The van der Waals surface area contributed by atoms with Crippen LogP contribution in [0, 0.1) is 5.82 Å². The fourth-order valence-corrected chi connectivity index (χ4v) is 3.87. The minimum absolute atomic E-state index is 0.0415. The summed E-state index contributed by atoms with van der Waals surface area (Å²) in [6.07, 6.45) is 0. The van der Waals surface area contributed by atoms with Crippen LogP contribution in [-0.2, 0) is 10.0 Å². The largest absolute Gasteiger partial charge is 0.300 e. The van der Waals surface area contributed by atoms with Gasteiger partial charge < -0.3 is 4.90 Å². The van der Waals surface area contributed by atoms with E-state index < -0.39 is 15.8 Å². The Kier molecular flexibility index (Phi) is 5.10. The highest BCUT2D eigenvalue weighted by Gasteiger charge is 2.20. The highest BCUT2D eigenvalue weighted by atomic mass is 32.2. The Morgan fingerprint density at radius 1 is 1.24 bits per heavy atom. The molecule has 0 aliphatic rings. The van der Waals surface area contributed by atoms with Gasteiger partial charge in [0.15, 0.2) is 0 Å². The van der Waals surface area contributed by atoms with Crippen molar-refractivity contribution in [2.45, 2.75) is 10.9 Å². The maximum Gasteiger partial charge on any atom is 0.240 e. The maximum absolute atomic E-state index is 12.9. The molecule has 0 fully saturated rings. The van der Waals surface area contributed by atoms with Crippen LogP contribution < -0.4 is 4.72 Å². The molecule has 21 heavy (non-hydrogen) atoms. The van der Waals surface area contributed by atoms with Crippen LogP contribution in [0.1, 0.15) is 10.9 Å². The molecule has 1 heterocycles. The summed E-state index contributed by atoms with van der Waals surface area (Å²) in [4.78, 5) is 3.10. The van der Waals surface area contributed by atoms with Crippen molar-refractivity contribution >= 4 is 21.4 Å². The van der Waals surface area contributed by atoms with Gasteiger partial charge in [-0.3, -0.25) is 0 Å². The van der Waals surface area contributed by atoms with E-state index in [0.29, 0.717) is 0 Å². The topological polar surface area (TPSA) is 49.4 Å². The second-order valence-corrected chi connectivity index (χ2v) is 7.55. The third-order valence-electron chi connectivity index (χ3n) is 3.09. The molecule has 1 aromatic heterocycles. The van der Waals surface area contributed by atoms with Gasteiger partial charge in [-0.1, -0.05) is 6.07 Å². The summed E-state index contributed by atoms with van der Waals surface area (Å²) in [6, 6.07) is 8.65. The second kappa shape index (κ2) is 6.65. The first-order valence-electron chi connectivity index (χ1n) is 6.35. The van der Waals surface area contributed by atoms with Crippen molar-refractivity contribution in [2.24, 2.45) is 0 Å². The highest BCUT2D eigenvalue weighted by molar-refractivity contribution is 7.89. The Bertz CT molecular complexity index is 668. The van der Waals surface area contributed by atoms with E-state index in [1.165, 1.54) is 12.1 Å². The number of nitrogens with zero attached hydrogens (tertiary/aromatic N) is 1. The number of nitrogens with one attached hydrogen (secondary N) is 1. The first-order chi connectivity index (χ1) is 9.90. The van der Waals surface area contributed by atoms with Gasteiger partial charge in [0.05, 0.1) is 10.9 Å². The summed E-state index contributed by atoms with van der Waals surface area (Å²) in [7, 11) is 0.163. The van der Waals surface area contributed by atoms with E-state index in [-0.39, 0.29) is 17.5 Å². The molecule has 4 nitrogen and oxygen atoms in total. The molecule has 1 aromatic carbocycles. The molecular formula is C14H17FN2O2S2. The summed E-state index contributed by atoms with van der Waals surface area (Å²) in [5, 5.41) is 1.96. The van der Waals surface area contributed by atoms with Gasteiger partial charge in [0.1, 0.15) is 5.82 Å². The van der Waals surface area contributed by atoms with Crippen LogP contribution in [0.25, 0.3) is 0 Å². The molecule has 114 valence electrons. The summed E-state index contributed by atoms with van der Waals surface area (Å²) < 4.78 is 39.8. The number of hydrogen-bond acceptors (Lipinski definition) is 4. The van der Waals surface area contributed by atoms with Gasteiger partial charge in [-0.25, -0.2) is 17.5 Å². The average Bonchev–Trinajstić information content (AvgIpc) is 2.93. The fourth-order valence-electron chi connectivity index (χ4n) is 1.90. The van der Waals surface area contributed by atoms with Gasteiger partial charge in [0, 0.05) is 11.4 Å². The Labute approximate surface area is 128 Å². The SMILES string of the molecule is CN(C)[C@H](CNS(=O)(=O)c1ccc(F)cc1)c1cccs1. The monoisotopic (exact) mass is 328 g/mol. The highest BCUT2D eigenvalue weighted by Crippen LogP contribution is 2.23. The summed E-state index contributed by atoms with van der Waals surface area (Å²) >= 11 is 1.58. The molecule has 2 aromatic rings. The van der Waals surface area contributed by atoms with Crippen molar-refractivity contribution in [3.8, 4) is 0 Å². The number of benzene rings is 1. The van der Waals surface area contributed by atoms with Crippen LogP contribution in [0.4, 0.5) is 4.39 Å². The van der Waals surface area contributed by atoms with Crippen LogP contribution >= 0.6 is 11.3 Å². The molecule has 0 saturated heterocycles. The van der Waals surface area contributed by atoms with Gasteiger partial charge in [0.25, 0.3) is 0 Å². The van der Waals surface area contributed by atoms with Crippen LogP contribution in [0.3, 0.4) is 0 Å². The Morgan fingerprint density at radius 3 is 2.43 bits per heavy atom. The van der Waals surface area contributed by atoms with Gasteiger partial charge >= 0.3 is 0 Å². The van der Waals surface area contributed by atoms with E-state index in [9.17, 15) is 12.8 Å². The first kappa shape index (κ1) is 16.1. The van der Waals surface area contributed by atoms with Crippen LogP contribution in [0.5, 0.6) is 0 Å². The Morgan fingerprint density at radius 2 is 1.90 bits per heavy atom. The van der Waals surface area contributed by atoms with E-state index in [1.807, 2.05) is 36.5 Å². The minimum atomic E-state index is -3.64. The molecule has 0 radical (unpaired) electrons. The predicted octanol–water partition coefficient (Wildman–Crippen LogP) is 2.47. The van der Waals surface area contributed by atoms with Crippen LogP contribution in [-0.4, -0.2) is 34.0 Å². The molecule has 0 spiro atoms. The second-order valence-electron chi connectivity index (χ2n) is 4.80. The van der Waals surface area contributed by atoms with E-state index in [4.69, 9.17) is 0 Å². The smallest absolute Gasteiger partial charge is 0.240 e. The zero-order valence-corrected chi connectivity index (χ0v) is 13.4. The van der Waals surface area contributed by atoms with Gasteiger partial charge in [0.2, 0.25) is 10.0 Å². The molecular weight excluding hydrogens is 311 g/mol. The zero-order valence-electron chi connectivity index (χ0n) is 11.8. The lowest BCUT2D eigenvalue weighted by Crippen LogP contribution is -2.34. The molecule has 2 rings (SSSR count). The van der Waals surface area contributed by atoms with Crippen molar-refractivity contribution in [2.75, 3.05) is 20.6 Å². The Balaban J connectivity index is 2.11. The fraction of sp³-hybridized carbons (Fsp3) is 0.286. The van der Waals surface area contributed by atoms with Crippen molar-refractivity contribution in [1.29, 1.82) is 0 Å². The van der Waals surface area contributed by atoms with Crippen molar-refractivity contribution in [3.05, 3.63) is 52.5 Å². The zero-order chi connectivity index (χ0) is 15.5. The van der Waals surface area contributed by atoms with E-state index in [2.05, 4.69) is 4.72 Å². The molecule has 1 atom stereocenters. The van der Waals surface area contributed by atoms with E-state index in [0.717, 1.165) is 17.0 Å². The van der Waals surface area contributed by atoms with Gasteiger partial charge in [-0.15, -0.1) is 11.3 Å². The molecule has 0 unspecified atom stereocenters.